The van der Waals surface area contributed by atoms with Crippen molar-refractivity contribution in [1.29, 1.82) is 0 Å². The molecule has 6 heteroatoms. The Balaban J connectivity index is 1.36. The maximum Gasteiger partial charge on any atom is 0.274 e. The van der Waals surface area contributed by atoms with Crippen LogP contribution in [0.1, 0.15) is 51.5 Å². The van der Waals surface area contributed by atoms with E-state index >= 15 is 0 Å². The van der Waals surface area contributed by atoms with Crippen molar-refractivity contribution in [1.82, 2.24) is 9.88 Å². The van der Waals surface area contributed by atoms with Gasteiger partial charge in [-0.15, -0.1) is 0 Å². The number of hydrogen-bond donors (Lipinski definition) is 2. The molecule has 3 aromatic rings. The number of rotatable bonds is 8. The number of carbonyl (C=O) groups excluding carboxylic acids is 1. The minimum atomic E-state index is -0.164. The molecule has 1 saturated carbocycles. The van der Waals surface area contributed by atoms with Gasteiger partial charge in [0.15, 0.2) is 0 Å². The molecule has 6 nitrogen and oxygen atoms in total. The summed E-state index contributed by atoms with van der Waals surface area (Å²) in [7, 11) is 3.70. The van der Waals surface area contributed by atoms with Gasteiger partial charge in [0.1, 0.15) is 5.69 Å². The monoisotopic (exact) mass is 470 g/mol. The van der Waals surface area contributed by atoms with Crippen molar-refractivity contribution in [2.75, 3.05) is 37.9 Å². The first-order valence-corrected chi connectivity index (χ1v) is 12.4. The number of nitrogens with zero attached hydrogens (tertiary/aromatic N) is 2. The first-order chi connectivity index (χ1) is 17.0. The number of nitrogens with one attached hydrogen (secondary N) is 2. The normalized spacial score (nSPS) is 16.1. The van der Waals surface area contributed by atoms with E-state index < -0.39 is 0 Å². The van der Waals surface area contributed by atoms with Gasteiger partial charge < -0.3 is 15.4 Å². The van der Waals surface area contributed by atoms with Crippen LogP contribution in [0, 0.1) is 13.8 Å². The summed E-state index contributed by atoms with van der Waals surface area (Å²) in [5, 5.41) is 6.38. The summed E-state index contributed by atoms with van der Waals surface area (Å²) in [4.78, 5) is 20.2. The molecule has 2 aromatic carbocycles. The molecular formula is C29H34N4O2. The molecule has 0 spiro atoms. The first kappa shape index (κ1) is 23.5. The van der Waals surface area contributed by atoms with Gasteiger partial charge in [0.25, 0.3) is 5.91 Å². The smallest absolute Gasteiger partial charge is 0.274 e. The van der Waals surface area contributed by atoms with Crippen molar-refractivity contribution >= 4 is 17.3 Å². The zero-order valence-electron chi connectivity index (χ0n) is 21.0. The van der Waals surface area contributed by atoms with Crippen molar-refractivity contribution in [3.8, 4) is 11.1 Å². The van der Waals surface area contributed by atoms with E-state index in [2.05, 4.69) is 58.6 Å². The fourth-order valence-corrected chi connectivity index (χ4v) is 5.02. The number of hydrogen-bond acceptors (Lipinski definition) is 5. The number of likely N-dealkylation sites (tertiary alicyclic amines) is 1. The predicted octanol–water partition coefficient (Wildman–Crippen LogP) is 5.37. The molecule has 1 aromatic heterocycles. The number of carbonyl (C=O) groups is 1. The lowest BCUT2D eigenvalue weighted by molar-refractivity contribution is -0.0335. The second-order valence-corrected chi connectivity index (χ2v) is 9.75. The topological polar surface area (TPSA) is 66.5 Å². The summed E-state index contributed by atoms with van der Waals surface area (Å²) in [5.74, 6) is 0.384. The quantitative estimate of drug-likeness (QED) is 0.463. The number of anilines is 2. The van der Waals surface area contributed by atoms with Crippen LogP contribution in [0.4, 0.5) is 11.4 Å². The highest BCUT2D eigenvalue weighted by Gasteiger charge is 2.31. The average molecular weight is 471 g/mol. The molecule has 35 heavy (non-hydrogen) atoms. The van der Waals surface area contributed by atoms with E-state index in [0.29, 0.717) is 17.7 Å². The number of aromatic nitrogens is 1. The highest BCUT2D eigenvalue weighted by molar-refractivity contribution is 6.04. The third-order valence-corrected chi connectivity index (χ3v) is 7.40. The maximum absolute atomic E-state index is 13.2. The Kier molecular flexibility index (Phi) is 6.58. The van der Waals surface area contributed by atoms with Crippen molar-refractivity contribution < 1.29 is 9.53 Å². The van der Waals surface area contributed by atoms with E-state index in [0.717, 1.165) is 47.7 Å². The van der Waals surface area contributed by atoms with E-state index in [4.69, 9.17) is 4.74 Å². The van der Waals surface area contributed by atoms with Gasteiger partial charge >= 0.3 is 0 Å². The van der Waals surface area contributed by atoms with Crippen LogP contribution in [0.5, 0.6) is 0 Å². The largest absolute Gasteiger partial charge is 0.388 e. The van der Waals surface area contributed by atoms with Crippen LogP contribution in [0.15, 0.2) is 48.7 Å². The second kappa shape index (κ2) is 9.80. The molecule has 2 aliphatic rings. The van der Waals surface area contributed by atoms with Crippen LogP contribution >= 0.6 is 0 Å². The molecule has 5 rings (SSSR count). The Hall–Kier alpha value is -3.22. The number of benzene rings is 2. The van der Waals surface area contributed by atoms with Gasteiger partial charge in [-0.2, -0.15) is 0 Å². The summed E-state index contributed by atoms with van der Waals surface area (Å²) in [6.07, 6.45) is 4.61. The Bertz CT molecular complexity index is 1250. The second-order valence-electron chi connectivity index (χ2n) is 9.75. The number of ether oxygens (including phenoxy) is 1. The minimum Gasteiger partial charge on any atom is -0.388 e. The lowest BCUT2D eigenvalue weighted by Crippen LogP contribution is -2.51. The minimum absolute atomic E-state index is 0.164. The Morgan fingerprint density at radius 2 is 1.71 bits per heavy atom. The molecule has 1 amide bonds. The number of methoxy groups -OCH3 is 1. The lowest BCUT2D eigenvalue weighted by Gasteiger charge is -2.38. The van der Waals surface area contributed by atoms with E-state index in [1.54, 1.807) is 7.11 Å². The predicted molar refractivity (Wildman–Crippen MR) is 141 cm³/mol. The summed E-state index contributed by atoms with van der Waals surface area (Å²) >= 11 is 0. The van der Waals surface area contributed by atoms with E-state index in [9.17, 15) is 4.79 Å². The molecule has 0 bridgehead atoms. The fraction of sp³-hybridized carbons (Fsp3) is 0.379. The third kappa shape index (κ3) is 4.81. The van der Waals surface area contributed by atoms with Crippen molar-refractivity contribution in [2.45, 2.75) is 45.3 Å². The molecule has 0 atom stereocenters. The number of pyridine rings is 1. The zero-order chi connectivity index (χ0) is 24.5. The Morgan fingerprint density at radius 3 is 2.34 bits per heavy atom. The molecular weight excluding hydrogens is 436 g/mol. The van der Waals surface area contributed by atoms with Crippen LogP contribution in [0.25, 0.3) is 11.1 Å². The van der Waals surface area contributed by atoms with Gasteiger partial charge in [-0.1, -0.05) is 24.3 Å². The molecule has 2 fully saturated rings. The fourth-order valence-electron chi connectivity index (χ4n) is 5.02. The molecule has 2 N–H and O–H groups in total. The number of amides is 1. The average Bonchev–Trinajstić information content (AvgIpc) is 3.68. The van der Waals surface area contributed by atoms with Crippen LogP contribution in [-0.4, -0.2) is 49.1 Å². The van der Waals surface area contributed by atoms with Crippen molar-refractivity contribution in [3.63, 3.8) is 0 Å². The molecule has 1 saturated heterocycles. The van der Waals surface area contributed by atoms with Crippen molar-refractivity contribution in [3.05, 3.63) is 76.6 Å². The van der Waals surface area contributed by atoms with Gasteiger partial charge in [-0.3, -0.25) is 14.7 Å². The SMILES string of the molecule is CNc1cccc(-c2cccc(NC(=O)c3cc(C4CC4)c(CN4CC(OC)C4)cn3)c2C)c1C. The van der Waals surface area contributed by atoms with Gasteiger partial charge in [-0.05, 0) is 84.2 Å². The summed E-state index contributed by atoms with van der Waals surface area (Å²) < 4.78 is 5.40. The molecule has 182 valence electrons. The standard InChI is InChI=1S/C29H34N4O2/c1-18-23(7-5-9-26(18)30-3)24-8-6-10-27(19(24)2)32-29(34)28-13-25(20-11-12-20)21(14-31-28)15-33-16-22(17-33)35-4/h5-10,13-14,20,22,30H,11-12,15-17H2,1-4H3,(H,32,34). The van der Waals surface area contributed by atoms with E-state index in [1.165, 1.54) is 29.5 Å². The Morgan fingerprint density at radius 1 is 1.06 bits per heavy atom. The van der Waals surface area contributed by atoms with Crippen LogP contribution in [-0.2, 0) is 11.3 Å². The Labute approximate surface area is 207 Å². The molecule has 2 heterocycles. The molecule has 0 radical (unpaired) electrons. The van der Waals surface area contributed by atoms with Crippen LogP contribution in [0.2, 0.25) is 0 Å². The molecule has 0 unspecified atom stereocenters. The lowest BCUT2D eigenvalue weighted by atomic mass is 9.94. The van der Waals surface area contributed by atoms with Gasteiger partial charge in [0.2, 0.25) is 0 Å². The maximum atomic E-state index is 13.2. The highest BCUT2D eigenvalue weighted by Crippen LogP contribution is 2.42. The van der Waals surface area contributed by atoms with Crippen LogP contribution < -0.4 is 10.6 Å². The van der Waals surface area contributed by atoms with Gasteiger partial charge in [-0.25, -0.2) is 0 Å². The first-order valence-electron chi connectivity index (χ1n) is 12.4. The van der Waals surface area contributed by atoms with Gasteiger partial charge in [0, 0.05) is 51.4 Å². The molecule has 1 aliphatic heterocycles. The molecule has 1 aliphatic carbocycles. The third-order valence-electron chi connectivity index (χ3n) is 7.40. The van der Waals surface area contributed by atoms with Gasteiger partial charge in [0.05, 0.1) is 6.10 Å². The highest BCUT2D eigenvalue weighted by atomic mass is 16.5. The summed E-state index contributed by atoms with van der Waals surface area (Å²) in [6.45, 7) is 6.95. The van der Waals surface area contributed by atoms with Crippen molar-refractivity contribution in [2.24, 2.45) is 0 Å². The summed E-state index contributed by atoms with van der Waals surface area (Å²) in [6, 6.07) is 14.3. The summed E-state index contributed by atoms with van der Waals surface area (Å²) in [5.41, 5.74) is 9.40. The van der Waals surface area contributed by atoms with Crippen LogP contribution in [0.3, 0.4) is 0 Å². The van der Waals surface area contributed by atoms with E-state index in [-0.39, 0.29) is 5.91 Å². The van der Waals surface area contributed by atoms with E-state index in [1.807, 2.05) is 31.4 Å². The zero-order valence-corrected chi connectivity index (χ0v) is 21.0.